The third-order valence-electron chi connectivity index (χ3n) is 8.37. The summed E-state index contributed by atoms with van der Waals surface area (Å²) < 4.78 is 44.0. The maximum atomic E-state index is 14.5. The smallest absolute Gasteiger partial charge is 0.253 e. The van der Waals surface area contributed by atoms with E-state index in [1.807, 2.05) is 62.4 Å². The molecule has 55 heavy (non-hydrogen) atoms. The van der Waals surface area contributed by atoms with Crippen LogP contribution in [0.1, 0.15) is 43.0 Å². The van der Waals surface area contributed by atoms with E-state index >= 15 is 0 Å². The monoisotopic (exact) mass is 920 g/mol. The Hall–Kier alpha value is -5.28. The number of hydrogen-bond acceptors (Lipinski definition) is 6. The Kier molecular flexibility index (Phi) is 14.8. The fraction of sp³-hybridized carbons (Fsp3) is 0.143. The molecule has 0 saturated heterocycles. The second-order valence-corrected chi connectivity index (χ2v) is 14.5. The summed E-state index contributed by atoms with van der Waals surface area (Å²) in [7, 11) is 0. The van der Waals surface area contributed by atoms with Crippen LogP contribution >= 0.6 is 38.5 Å². The summed E-state index contributed by atoms with van der Waals surface area (Å²) in [5.74, 6) is -3.23. The van der Waals surface area contributed by atoms with Crippen molar-refractivity contribution in [2.24, 2.45) is 0 Å². The molecule has 0 aliphatic carbocycles. The lowest BCUT2D eigenvalue weighted by molar-refractivity contribution is 0.0946. The van der Waals surface area contributed by atoms with Gasteiger partial charge in [0.25, 0.3) is 11.8 Å². The Morgan fingerprint density at radius 3 is 1.78 bits per heavy atom. The molecule has 0 bridgehead atoms. The van der Waals surface area contributed by atoms with E-state index in [2.05, 4.69) is 69.8 Å². The van der Waals surface area contributed by atoms with Crippen molar-refractivity contribution in [1.82, 2.24) is 20.6 Å². The van der Waals surface area contributed by atoms with Crippen molar-refractivity contribution in [2.75, 3.05) is 23.7 Å². The minimum Gasteiger partial charge on any atom is -0.355 e. The molecule has 4 aromatic carbocycles. The van der Waals surface area contributed by atoms with Crippen molar-refractivity contribution in [3.05, 3.63) is 175 Å². The Labute approximate surface area is 339 Å². The van der Waals surface area contributed by atoms with Gasteiger partial charge < -0.3 is 21.3 Å². The van der Waals surface area contributed by atoms with E-state index in [0.717, 1.165) is 42.1 Å². The molecule has 0 aliphatic rings. The third-order valence-corrected chi connectivity index (χ3v) is 9.53. The Morgan fingerprint density at radius 1 is 0.636 bits per heavy atom. The quantitative estimate of drug-likeness (QED) is 0.0912. The van der Waals surface area contributed by atoms with Gasteiger partial charge in [-0.25, -0.2) is 13.2 Å². The van der Waals surface area contributed by atoms with Gasteiger partial charge in [0.2, 0.25) is 0 Å². The lowest BCUT2D eigenvalue weighted by Gasteiger charge is -2.15. The first-order valence-electron chi connectivity index (χ1n) is 17.2. The number of amides is 2. The second kappa shape index (κ2) is 19.9. The highest BCUT2D eigenvalue weighted by Gasteiger charge is 2.20. The van der Waals surface area contributed by atoms with Gasteiger partial charge in [-0.1, -0.05) is 15.9 Å². The van der Waals surface area contributed by atoms with E-state index in [9.17, 15) is 22.8 Å². The molecule has 2 amide bonds. The summed E-state index contributed by atoms with van der Waals surface area (Å²) in [6.07, 6.45) is 8.11. The van der Waals surface area contributed by atoms with Crippen LogP contribution in [0.25, 0.3) is 0 Å². The summed E-state index contributed by atoms with van der Waals surface area (Å²) >= 11 is 5.60. The van der Waals surface area contributed by atoms with Crippen LogP contribution in [0.3, 0.4) is 0 Å². The van der Waals surface area contributed by atoms with Gasteiger partial charge in [0.15, 0.2) is 11.6 Å². The third kappa shape index (κ3) is 11.9. The second-order valence-electron chi connectivity index (χ2n) is 12.4. The van der Waals surface area contributed by atoms with Crippen molar-refractivity contribution in [3.63, 3.8) is 0 Å². The number of rotatable bonds is 12. The van der Waals surface area contributed by atoms with Crippen LogP contribution in [-0.4, -0.2) is 34.9 Å². The van der Waals surface area contributed by atoms with E-state index < -0.39 is 23.4 Å². The molecule has 0 fully saturated rings. The van der Waals surface area contributed by atoms with Crippen molar-refractivity contribution in [3.8, 4) is 0 Å². The molecule has 0 saturated carbocycles. The van der Waals surface area contributed by atoms with Gasteiger partial charge in [0.1, 0.15) is 5.82 Å². The highest BCUT2D eigenvalue weighted by Crippen LogP contribution is 2.30. The molecule has 0 aliphatic heterocycles. The minimum atomic E-state index is -1.09. The first kappa shape index (κ1) is 40.9. The van der Waals surface area contributed by atoms with Gasteiger partial charge in [-0.3, -0.25) is 19.6 Å². The normalized spacial score (nSPS) is 10.5. The van der Waals surface area contributed by atoms with Gasteiger partial charge in [0, 0.05) is 57.3 Å². The van der Waals surface area contributed by atoms with E-state index in [1.54, 1.807) is 36.9 Å². The maximum Gasteiger partial charge on any atom is 0.253 e. The molecule has 6 aromatic rings. The van der Waals surface area contributed by atoms with Crippen LogP contribution in [0.5, 0.6) is 0 Å². The van der Waals surface area contributed by atoms with Crippen molar-refractivity contribution < 1.29 is 22.8 Å². The average Bonchev–Trinajstić information content (AvgIpc) is 3.17. The van der Waals surface area contributed by atoms with Gasteiger partial charge in [-0.15, -0.1) is 0 Å². The zero-order valence-electron chi connectivity index (χ0n) is 29.9. The predicted octanol–water partition coefficient (Wildman–Crippen LogP) is 10.00. The Bertz CT molecular complexity index is 2270. The average molecular weight is 922 g/mol. The molecule has 6 rings (SSSR count). The van der Waals surface area contributed by atoms with Gasteiger partial charge in [0.05, 0.1) is 22.5 Å². The molecule has 2 heterocycles. The van der Waals surface area contributed by atoms with E-state index in [-0.39, 0.29) is 17.2 Å². The molecule has 4 N–H and O–H groups in total. The molecule has 0 atom stereocenters. The van der Waals surface area contributed by atoms with Crippen molar-refractivity contribution in [2.45, 2.75) is 26.7 Å². The fourth-order valence-corrected chi connectivity index (χ4v) is 6.55. The van der Waals surface area contributed by atoms with Gasteiger partial charge >= 0.3 is 0 Å². The molecule has 2 aromatic heterocycles. The molecular weight excluding hydrogens is 884 g/mol. The zero-order valence-corrected chi connectivity index (χ0v) is 33.6. The lowest BCUT2D eigenvalue weighted by atomic mass is 10.1. The Morgan fingerprint density at radius 2 is 1.18 bits per heavy atom. The standard InChI is InChI=1S/C21H18BrF2N3O.C21H19FIN3O/c1-13-12-15(22)2-5-18(13)27-20-16(3-4-17(23)19(20)24)21(28)26-11-8-14-6-9-25-10-7-14;1-14-12-17(23)3-5-19(14)26-20-13-16(22)2-4-18(20)21(27)25-11-8-15-6-9-24-10-7-15/h2-7,9-10,12,27H,8,11H2,1H3,(H,26,28);2-7,9-10,12-13,26H,8,11H2,1H3,(H,25,27). The van der Waals surface area contributed by atoms with Crippen LogP contribution in [0.4, 0.5) is 35.9 Å². The van der Waals surface area contributed by atoms with Crippen molar-refractivity contribution >= 4 is 73.1 Å². The minimum absolute atomic E-state index is 0.0379. The number of aryl methyl sites for hydroxylation is 2. The number of carbonyl (C=O) groups excluding carboxylic acids is 2. The number of anilines is 4. The number of aromatic nitrogens is 2. The summed E-state index contributed by atoms with van der Waals surface area (Å²) in [4.78, 5) is 33.1. The maximum absolute atomic E-state index is 14.5. The number of pyridine rings is 2. The zero-order chi connectivity index (χ0) is 39.3. The highest BCUT2D eigenvalue weighted by atomic mass is 127. The topological polar surface area (TPSA) is 108 Å². The molecule has 0 spiro atoms. The van der Waals surface area contributed by atoms with Gasteiger partial charge in [-0.05, 0) is 163 Å². The van der Waals surface area contributed by atoms with Crippen LogP contribution in [-0.2, 0) is 12.8 Å². The van der Waals surface area contributed by atoms with Gasteiger partial charge in [-0.2, -0.15) is 0 Å². The molecule has 282 valence electrons. The summed E-state index contributed by atoms with van der Waals surface area (Å²) in [6.45, 7) is 4.65. The number of halogens is 5. The Balaban J connectivity index is 0.000000211. The number of nitrogens with zero attached hydrogens (tertiary/aromatic N) is 2. The molecule has 0 radical (unpaired) electrons. The van der Waals surface area contributed by atoms with Crippen LogP contribution < -0.4 is 21.3 Å². The largest absolute Gasteiger partial charge is 0.355 e. The van der Waals surface area contributed by atoms with Crippen LogP contribution in [0.15, 0.2) is 120 Å². The van der Waals surface area contributed by atoms with Crippen molar-refractivity contribution in [1.29, 1.82) is 0 Å². The van der Waals surface area contributed by atoms with Crippen LogP contribution in [0.2, 0.25) is 0 Å². The summed E-state index contributed by atoms with van der Waals surface area (Å²) in [5.41, 5.74) is 6.08. The molecule has 8 nitrogen and oxygen atoms in total. The number of nitrogens with one attached hydrogen (secondary N) is 4. The van der Waals surface area contributed by atoms with E-state index in [4.69, 9.17) is 0 Å². The first-order chi connectivity index (χ1) is 26.5. The van der Waals surface area contributed by atoms with E-state index in [1.165, 1.54) is 24.3 Å². The number of benzene rings is 4. The first-order valence-corrected chi connectivity index (χ1v) is 19.0. The summed E-state index contributed by atoms with van der Waals surface area (Å²) in [6, 6.07) is 25.2. The number of carbonyl (C=O) groups is 2. The summed E-state index contributed by atoms with van der Waals surface area (Å²) in [5, 5.41) is 11.7. The molecular formula is C42H37BrF3IN6O2. The number of hydrogen-bond donors (Lipinski definition) is 4. The fourth-order valence-electron chi connectivity index (χ4n) is 5.42. The van der Waals surface area contributed by atoms with E-state index in [0.29, 0.717) is 42.9 Å². The SMILES string of the molecule is Cc1cc(Br)ccc1Nc1c(C(=O)NCCc2ccncc2)ccc(F)c1F.Cc1cc(I)ccc1Nc1cc(F)ccc1C(=O)NCCc1ccncc1. The molecule has 0 unspecified atom stereocenters. The van der Waals surface area contributed by atoms with Crippen LogP contribution in [0, 0.1) is 34.9 Å². The highest BCUT2D eigenvalue weighted by molar-refractivity contribution is 14.1. The predicted molar refractivity (Wildman–Crippen MR) is 223 cm³/mol. The molecule has 13 heteroatoms. The lowest BCUT2D eigenvalue weighted by Crippen LogP contribution is -2.26.